The van der Waals surface area contributed by atoms with Crippen LogP contribution < -0.4 is 16.6 Å². The van der Waals surface area contributed by atoms with Gasteiger partial charge in [-0.15, -0.1) is 5.10 Å². The molecule has 0 aliphatic carbocycles. The molecule has 6 rings (SSSR count). The Kier molecular flexibility index (Phi) is 6.15. The van der Waals surface area contributed by atoms with Gasteiger partial charge in [-0.05, 0) is 36.8 Å². The lowest BCUT2D eigenvalue weighted by Gasteiger charge is -2.20. The molecule has 0 radical (unpaired) electrons. The van der Waals surface area contributed by atoms with Crippen molar-refractivity contribution < 1.29 is 4.79 Å². The molecule has 11 nitrogen and oxygen atoms in total. The fraction of sp³-hybridized carbons (Fsp3) is 0.103. The Morgan fingerprint density at radius 3 is 2.67 bits per heavy atom. The third kappa shape index (κ3) is 4.39. The van der Waals surface area contributed by atoms with Gasteiger partial charge in [-0.1, -0.05) is 42.5 Å². The SMILES string of the molecule is C[C@@H](NC(=O)c1c(N)nn2cccnc12)c1nc2cccc(/C=C\c3cnn(C)c3)c2c(=O)n1-c1ccccc1. The number of hydrogen-bond donors (Lipinski definition) is 2. The standard InChI is InChI=1S/C29H25N9O2/c1-18(33-28(39)24-25(30)35-37-15-7-14-31-27(24)37)26-34-22-11-6-8-20(13-12-19-16-32-36(2)17-19)23(22)29(40)38(26)21-9-4-3-5-10-21/h3-18H,1-2H3,(H2,30,35)(H,33,39)/b13-12-/t18-/m1/s1. The molecule has 0 saturated heterocycles. The maximum atomic E-state index is 14.2. The number of rotatable bonds is 6. The molecule has 0 bridgehead atoms. The molecular formula is C29H25N9O2. The van der Waals surface area contributed by atoms with Crippen molar-refractivity contribution in [2.45, 2.75) is 13.0 Å². The van der Waals surface area contributed by atoms with Crippen LogP contribution in [0.4, 0.5) is 5.82 Å². The molecule has 0 fully saturated rings. The van der Waals surface area contributed by atoms with E-state index >= 15 is 0 Å². The molecule has 6 aromatic rings. The van der Waals surface area contributed by atoms with Crippen LogP contribution in [-0.4, -0.2) is 39.8 Å². The minimum absolute atomic E-state index is 0.0559. The number of nitrogens with one attached hydrogen (secondary N) is 1. The Morgan fingerprint density at radius 2 is 1.90 bits per heavy atom. The molecule has 0 aliphatic heterocycles. The number of hydrogen-bond acceptors (Lipinski definition) is 7. The van der Waals surface area contributed by atoms with E-state index in [9.17, 15) is 9.59 Å². The summed E-state index contributed by atoms with van der Waals surface area (Å²) in [6.07, 6.45) is 10.6. The Hall–Kier alpha value is -5.58. The number of aryl methyl sites for hydroxylation is 1. The van der Waals surface area contributed by atoms with Gasteiger partial charge in [-0.2, -0.15) is 5.10 Å². The molecule has 11 heteroatoms. The van der Waals surface area contributed by atoms with Crippen molar-refractivity contribution >= 4 is 40.4 Å². The number of nitrogen functional groups attached to an aromatic ring is 1. The van der Waals surface area contributed by atoms with Crippen molar-refractivity contribution in [1.82, 2.24) is 39.2 Å². The van der Waals surface area contributed by atoms with Gasteiger partial charge in [0.15, 0.2) is 11.5 Å². The minimum Gasteiger partial charge on any atom is -0.381 e. The largest absolute Gasteiger partial charge is 0.381 e. The predicted molar refractivity (Wildman–Crippen MR) is 153 cm³/mol. The van der Waals surface area contributed by atoms with Gasteiger partial charge in [0, 0.05) is 31.2 Å². The zero-order chi connectivity index (χ0) is 27.8. The Balaban J connectivity index is 1.46. The van der Waals surface area contributed by atoms with Gasteiger partial charge in [-0.3, -0.25) is 18.8 Å². The van der Waals surface area contributed by atoms with Gasteiger partial charge < -0.3 is 11.1 Å². The van der Waals surface area contributed by atoms with Gasteiger partial charge in [0.05, 0.1) is 28.8 Å². The molecule has 0 spiro atoms. The first-order chi connectivity index (χ1) is 19.4. The lowest BCUT2D eigenvalue weighted by atomic mass is 10.1. The van der Waals surface area contributed by atoms with Crippen LogP contribution in [-0.2, 0) is 7.05 Å². The van der Waals surface area contributed by atoms with Gasteiger partial charge >= 0.3 is 0 Å². The maximum Gasteiger partial charge on any atom is 0.266 e. The summed E-state index contributed by atoms with van der Waals surface area (Å²) in [6.45, 7) is 1.77. The summed E-state index contributed by atoms with van der Waals surface area (Å²) < 4.78 is 4.70. The van der Waals surface area contributed by atoms with Crippen LogP contribution in [0.2, 0.25) is 0 Å². The Bertz CT molecular complexity index is 1970. The highest BCUT2D eigenvalue weighted by Gasteiger charge is 2.24. The van der Waals surface area contributed by atoms with Crippen molar-refractivity contribution in [3.8, 4) is 5.69 Å². The van der Waals surface area contributed by atoms with Crippen molar-refractivity contribution in [1.29, 1.82) is 0 Å². The molecule has 0 unspecified atom stereocenters. The fourth-order valence-electron chi connectivity index (χ4n) is 4.70. The van der Waals surface area contributed by atoms with Gasteiger partial charge in [-0.25, -0.2) is 14.5 Å². The second-order valence-electron chi connectivity index (χ2n) is 9.31. The van der Waals surface area contributed by atoms with Gasteiger partial charge in [0.2, 0.25) is 0 Å². The first kappa shape index (κ1) is 24.7. The number of nitrogens with two attached hydrogens (primary N) is 1. The number of carbonyl (C=O) groups is 1. The molecule has 0 saturated carbocycles. The van der Waals surface area contributed by atoms with Crippen LogP contribution in [0.25, 0.3) is 34.4 Å². The number of nitrogens with zero attached hydrogens (tertiary/aromatic N) is 7. The molecule has 4 heterocycles. The monoisotopic (exact) mass is 531 g/mol. The van der Waals surface area contributed by atoms with E-state index in [2.05, 4.69) is 20.5 Å². The molecule has 4 aromatic heterocycles. The van der Waals surface area contributed by atoms with Crippen LogP contribution in [0.1, 0.15) is 40.3 Å². The predicted octanol–water partition coefficient (Wildman–Crippen LogP) is 3.41. The summed E-state index contributed by atoms with van der Waals surface area (Å²) in [6, 6.07) is 15.8. The summed E-state index contributed by atoms with van der Waals surface area (Å²) in [7, 11) is 1.85. The number of fused-ring (bicyclic) bond motifs is 2. The molecule has 0 aliphatic rings. The van der Waals surface area contributed by atoms with E-state index < -0.39 is 11.9 Å². The van der Waals surface area contributed by atoms with E-state index in [1.165, 1.54) is 9.08 Å². The number of carbonyl (C=O) groups excluding carboxylic acids is 1. The van der Waals surface area contributed by atoms with Crippen LogP contribution in [0.3, 0.4) is 0 Å². The first-order valence-electron chi connectivity index (χ1n) is 12.6. The molecule has 1 amide bonds. The fourth-order valence-corrected chi connectivity index (χ4v) is 4.70. The van der Waals surface area contributed by atoms with Crippen LogP contribution in [0, 0.1) is 0 Å². The second kappa shape index (κ2) is 9.95. The highest BCUT2D eigenvalue weighted by atomic mass is 16.2. The normalized spacial score (nSPS) is 12.3. The lowest BCUT2D eigenvalue weighted by Crippen LogP contribution is -2.33. The maximum absolute atomic E-state index is 14.2. The average Bonchev–Trinajstić information content (AvgIpc) is 3.53. The third-order valence-electron chi connectivity index (χ3n) is 6.53. The van der Waals surface area contributed by atoms with E-state index in [4.69, 9.17) is 10.7 Å². The van der Waals surface area contributed by atoms with Crippen LogP contribution in [0.5, 0.6) is 0 Å². The smallest absolute Gasteiger partial charge is 0.266 e. The van der Waals surface area contributed by atoms with E-state index in [0.29, 0.717) is 28.1 Å². The van der Waals surface area contributed by atoms with Crippen molar-refractivity contribution in [2.75, 3.05) is 5.73 Å². The van der Waals surface area contributed by atoms with Crippen molar-refractivity contribution in [3.63, 3.8) is 0 Å². The van der Waals surface area contributed by atoms with Crippen LogP contribution >= 0.6 is 0 Å². The Labute approximate surface area is 228 Å². The van der Waals surface area contributed by atoms with Crippen molar-refractivity contribution in [3.05, 3.63) is 112 Å². The summed E-state index contributed by atoms with van der Waals surface area (Å²) in [4.78, 5) is 36.7. The van der Waals surface area contributed by atoms with Crippen LogP contribution in [0.15, 0.2) is 84.2 Å². The lowest BCUT2D eigenvalue weighted by molar-refractivity contribution is 0.0940. The summed E-state index contributed by atoms with van der Waals surface area (Å²) in [5.41, 5.74) is 9.07. The van der Waals surface area contributed by atoms with E-state index in [1.54, 1.807) is 42.3 Å². The van der Waals surface area contributed by atoms with Gasteiger partial charge in [0.25, 0.3) is 11.5 Å². The zero-order valence-electron chi connectivity index (χ0n) is 21.8. The second-order valence-corrected chi connectivity index (χ2v) is 9.31. The quantitative estimate of drug-likeness (QED) is 0.336. The van der Waals surface area contributed by atoms with E-state index in [0.717, 1.165) is 11.1 Å². The average molecular weight is 532 g/mol. The number of para-hydroxylation sites is 1. The van der Waals surface area contributed by atoms with Gasteiger partial charge in [0.1, 0.15) is 11.4 Å². The molecule has 3 N–H and O–H groups in total. The highest BCUT2D eigenvalue weighted by Crippen LogP contribution is 2.23. The summed E-state index contributed by atoms with van der Waals surface area (Å²) in [5.74, 6) is -0.0466. The topological polar surface area (TPSA) is 138 Å². The minimum atomic E-state index is -0.669. The number of aromatic nitrogens is 7. The molecule has 40 heavy (non-hydrogen) atoms. The molecule has 2 aromatic carbocycles. The summed E-state index contributed by atoms with van der Waals surface area (Å²) in [5, 5.41) is 11.8. The Morgan fingerprint density at radius 1 is 1.07 bits per heavy atom. The zero-order valence-corrected chi connectivity index (χ0v) is 21.8. The number of benzene rings is 2. The highest BCUT2D eigenvalue weighted by molar-refractivity contribution is 6.04. The molecule has 1 atom stereocenters. The third-order valence-corrected chi connectivity index (χ3v) is 6.53. The summed E-state index contributed by atoms with van der Waals surface area (Å²) >= 11 is 0. The van der Waals surface area contributed by atoms with E-state index in [1.807, 2.05) is 67.9 Å². The molecular weight excluding hydrogens is 506 g/mol. The first-order valence-corrected chi connectivity index (χ1v) is 12.6. The number of amides is 1. The number of anilines is 1. The van der Waals surface area contributed by atoms with E-state index in [-0.39, 0.29) is 16.9 Å². The molecule has 198 valence electrons. The van der Waals surface area contributed by atoms with Crippen molar-refractivity contribution in [2.24, 2.45) is 7.05 Å².